The first-order valence-corrected chi connectivity index (χ1v) is 8.66. The van der Waals surface area contributed by atoms with Gasteiger partial charge in [0.2, 0.25) is 11.8 Å². The molecule has 0 bridgehead atoms. The Bertz CT molecular complexity index is 864. The second-order valence-corrected chi connectivity index (χ2v) is 6.74. The second kappa shape index (κ2) is 6.52. The van der Waals surface area contributed by atoms with Gasteiger partial charge in [-0.25, -0.2) is 8.78 Å². The van der Waals surface area contributed by atoms with Crippen molar-refractivity contribution in [2.45, 2.75) is 19.4 Å². The first-order chi connectivity index (χ1) is 12.5. The van der Waals surface area contributed by atoms with Crippen molar-refractivity contribution in [3.63, 3.8) is 0 Å². The van der Waals surface area contributed by atoms with Gasteiger partial charge >= 0.3 is 0 Å². The van der Waals surface area contributed by atoms with Crippen molar-refractivity contribution in [1.82, 2.24) is 4.90 Å². The van der Waals surface area contributed by atoms with Crippen molar-refractivity contribution in [3.8, 4) is 0 Å². The summed E-state index contributed by atoms with van der Waals surface area (Å²) in [7, 11) is 0. The number of amides is 2. The van der Waals surface area contributed by atoms with Gasteiger partial charge in [-0.3, -0.25) is 9.59 Å². The average Bonchev–Trinajstić information content (AvgIpc) is 3.01. The predicted octanol–water partition coefficient (Wildman–Crippen LogP) is 2.90. The normalized spacial score (nSPS) is 19.6. The molecule has 2 heterocycles. The minimum atomic E-state index is -0.786. The molecule has 2 aromatic carbocycles. The molecule has 0 aliphatic carbocycles. The molecule has 6 heteroatoms. The van der Waals surface area contributed by atoms with Gasteiger partial charge in [-0.2, -0.15) is 0 Å². The standard InChI is InChI=1S/C20H18F2N2O2/c21-15-9-16(22)11-17(10-15)24-8-6-18(20(24)26)19(25)23-7-5-13-3-1-2-4-14(13)12-23/h1-4,9-11,18H,5-8,12H2/t18-/m1/s1. The van der Waals surface area contributed by atoms with Crippen molar-refractivity contribution in [2.24, 2.45) is 5.92 Å². The molecule has 0 radical (unpaired) electrons. The molecule has 1 atom stereocenters. The summed E-state index contributed by atoms with van der Waals surface area (Å²) < 4.78 is 26.9. The Morgan fingerprint density at radius 2 is 1.69 bits per heavy atom. The fourth-order valence-electron chi connectivity index (χ4n) is 3.76. The van der Waals surface area contributed by atoms with Gasteiger partial charge < -0.3 is 9.80 Å². The first kappa shape index (κ1) is 16.7. The van der Waals surface area contributed by atoms with E-state index in [4.69, 9.17) is 0 Å². The molecule has 0 aromatic heterocycles. The van der Waals surface area contributed by atoms with Crippen LogP contribution in [0.2, 0.25) is 0 Å². The lowest BCUT2D eigenvalue weighted by Gasteiger charge is -2.30. The maximum absolute atomic E-state index is 13.4. The molecule has 2 aliphatic rings. The van der Waals surface area contributed by atoms with E-state index in [2.05, 4.69) is 6.07 Å². The van der Waals surface area contributed by atoms with E-state index in [1.165, 1.54) is 10.5 Å². The van der Waals surface area contributed by atoms with Gasteiger partial charge in [0.05, 0.1) is 0 Å². The highest BCUT2D eigenvalue weighted by Gasteiger charge is 2.40. The largest absolute Gasteiger partial charge is 0.337 e. The summed E-state index contributed by atoms with van der Waals surface area (Å²) >= 11 is 0. The zero-order valence-corrected chi connectivity index (χ0v) is 14.1. The lowest BCUT2D eigenvalue weighted by Crippen LogP contribution is -2.42. The van der Waals surface area contributed by atoms with Gasteiger partial charge in [0.15, 0.2) is 0 Å². The highest BCUT2D eigenvalue weighted by atomic mass is 19.1. The zero-order valence-electron chi connectivity index (χ0n) is 14.1. The number of halogens is 2. The summed E-state index contributed by atoms with van der Waals surface area (Å²) in [5.74, 6) is -2.86. The fourth-order valence-corrected chi connectivity index (χ4v) is 3.76. The van der Waals surface area contributed by atoms with Crippen LogP contribution in [0.1, 0.15) is 17.5 Å². The lowest BCUT2D eigenvalue weighted by molar-refractivity contribution is -0.140. The van der Waals surface area contributed by atoms with Gasteiger partial charge in [0.25, 0.3) is 0 Å². The molecule has 26 heavy (non-hydrogen) atoms. The predicted molar refractivity (Wildman–Crippen MR) is 92.4 cm³/mol. The van der Waals surface area contributed by atoms with Crippen LogP contribution in [-0.2, 0) is 22.6 Å². The third-order valence-electron chi connectivity index (χ3n) is 5.10. The van der Waals surface area contributed by atoms with Crippen molar-refractivity contribution in [3.05, 3.63) is 65.2 Å². The van der Waals surface area contributed by atoms with Crippen molar-refractivity contribution >= 4 is 17.5 Å². The molecule has 2 aromatic rings. The number of hydrogen-bond donors (Lipinski definition) is 0. The Balaban J connectivity index is 1.51. The summed E-state index contributed by atoms with van der Waals surface area (Å²) in [6, 6.07) is 11.0. The van der Waals surface area contributed by atoms with Crippen LogP contribution >= 0.6 is 0 Å². The molecule has 134 valence electrons. The maximum atomic E-state index is 13.4. The van der Waals surface area contributed by atoms with Crippen LogP contribution in [0, 0.1) is 17.6 Å². The first-order valence-electron chi connectivity index (χ1n) is 8.66. The SMILES string of the molecule is O=C([C@H]1CCN(c2cc(F)cc(F)c2)C1=O)N1CCc2ccccc2C1. The van der Waals surface area contributed by atoms with Crippen LogP contribution in [0.25, 0.3) is 0 Å². The summed E-state index contributed by atoms with van der Waals surface area (Å²) in [5, 5.41) is 0. The molecule has 0 saturated carbocycles. The summed E-state index contributed by atoms with van der Waals surface area (Å²) in [4.78, 5) is 28.6. The van der Waals surface area contributed by atoms with Gasteiger partial charge in [-0.1, -0.05) is 24.3 Å². The summed E-state index contributed by atoms with van der Waals surface area (Å²) in [6.07, 6.45) is 1.12. The third-order valence-corrected chi connectivity index (χ3v) is 5.10. The molecule has 4 rings (SSSR count). The topological polar surface area (TPSA) is 40.6 Å². The molecule has 2 aliphatic heterocycles. The number of carbonyl (C=O) groups is 2. The van der Waals surface area contributed by atoms with E-state index >= 15 is 0 Å². The van der Waals surface area contributed by atoms with Gasteiger partial charge in [0.1, 0.15) is 17.6 Å². The van der Waals surface area contributed by atoms with Crippen LogP contribution in [0.5, 0.6) is 0 Å². The van der Waals surface area contributed by atoms with Gasteiger partial charge in [0, 0.05) is 31.4 Å². The van der Waals surface area contributed by atoms with E-state index in [9.17, 15) is 18.4 Å². The van der Waals surface area contributed by atoms with E-state index in [0.29, 0.717) is 19.5 Å². The molecule has 2 amide bonds. The molecule has 0 N–H and O–H groups in total. The number of hydrogen-bond acceptors (Lipinski definition) is 2. The molecule has 1 fully saturated rings. The number of benzene rings is 2. The van der Waals surface area contributed by atoms with Crippen LogP contribution < -0.4 is 4.90 Å². The molecular weight excluding hydrogens is 338 g/mol. The van der Waals surface area contributed by atoms with E-state index in [0.717, 1.165) is 30.2 Å². The minimum absolute atomic E-state index is 0.159. The van der Waals surface area contributed by atoms with Gasteiger partial charge in [-0.05, 0) is 36.1 Å². The zero-order chi connectivity index (χ0) is 18.3. The second-order valence-electron chi connectivity index (χ2n) is 6.74. The van der Waals surface area contributed by atoms with E-state index in [1.54, 1.807) is 4.90 Å². The number of nitrogens with zero attached hydrogens (tertiary/aromatic N) is 2. The molecule has 0 spiro atoms. The van der Waals surface area contributed by atoms with Gasteiger partial charge in [-0.15, -0.1) is 0 Å². The van der Waals surface area contributed by atoms with Crippen LogP contribution in [0.4, 0.5) is 14.5 Å². The number of anilines is 1. The smallest absolute Gasteiger partial charge is 0.239 e. The van der Waals surface area contributed by atoms with E-state index < -0.39 is 17.6 Å². The average molecular weight is 356 g/mol. The van der Waals surface area contributed by atoms with Crippen LogP contribution in [-0.4, -0.2) is 29.8 Å². The Morgan fingerprint density at radius 1 is 1.00 bits per heavy atom. The Hall–Kier alpha value is -2.76. The Morgan fingerprint density at radius 3 is 2.42 bits per heavy atom. The lowest BCUT2D eigenvalue weighted by atomic mass is 9.98. The minimum Gasteiger partial charge on any atom is -0.337 e. The van der Waals surface area contributed by atoms with Crippen LogP contribution in [0.15, 0.2) is 42.5 Å². The van der Waals surface area contributed by atoms with Crippen molar-refractivity contribution < 1.29 is 18.4 Å². The fraction of sp³-hybridized carbons (Fsp3) is 0.300. The van der Waals surface area contributed by atoms with Crippen molar-refractivity contribution in [2.75, 3.05) is 18.0 Å². The molecule has 1 saturated heterocycles. The number of fused-ring (bicyclic) bond motifs is 1. The van der Waals surface area contributed by atoms with E-state index in [1.807, 2.05) is 18.2 Å². The monoisotopic (exact) mass is 356 g/mol. The van der Waals surface area contributed by atoms with Crippen molar-refractivity contribution in [1.29, 1.82) is 0 Å². The quantitative estimate of drug-likeness (QED) is 0.777. The summed E-state index contributed by atoms with van der Waals surface area (Å²) in [6.45, 7) is 1.35. The number of rotatable bonds is 2. The van der Waals surface area contributed by atoms with E-state index in [-0.39, 0.29) is 24.0 Å². The molecular formula is C20H18F2N2O2. The number of carbonyl (C=O) groups excluding carboxylic acids is 2. The highest BCUT2D eigenvalue weighted by molar-refractivity contribution is 6.09. The third kappa shape index (κ3) is 2.96. The maximum Gasteiger partial charge on any atom is 0.239 e. The molecule has 4 nitrogen and oxygen atoms in total. The summed E-state index contributed by atoms with van der Waals surface area (Å²) in [5.41, 5.74) is 2.49. The Kier molecular flexibility index (Phi) is 4.18. The Labute approximate surface area is 150 Å². The van der Waals surface area contributed by atoms with Crippen LogP contribution in [0.3, 0.4) is 0 Å². The highest BCUT2D eigenvalue weighted by Crippen LogP contribution is 2.29. The molecule has 0 unspecified atom stereocenters.